The zero-order valence-corrected chi connectivity index (χ0v) is 25.7. The van der Waals surface area contributed by atoms with Gasteiger partial charge in [0.05, 0.1) is 30.3 Å². The molecule has 6 heteroatoms. The maximum atomic E-state index is 12.3. The second-order valence-corrected chi connectivity index (χ2v) is 10.7. The third kappa shape index (κ3) is 9.77. The van der Waals surface area contributed by atoms with Crippen molar-refractivity contribution in [1.29, 1.82) is 0 Å². The number of aryl methyl sites for hydroxylation is 2. The number of hydrogen-bond donors (Lipinski definition) is 1. The Bertz CT molecular complexity index is 1370. The molecule has 0 aliphatic carbocycles. The smallest absolute Gasteiger partial charge is 0.335 e. The summed E-state index contributed by atoms with van der Waals surface area (Å²) in [6.45, 7) is 11.1. The minimum Gasteiger partial charge on any atom is -0.461 e. The molecule has 43 heavy (non-hydrogen) atoms. The van der Waals surface area contributed by atoms with Gasteiger partial charge in [0.2, 0.25) is 0 Å². The molecule has 0 saturated carbocycles. The second-order valence-electron chi connectivity index (χ2n) is 10.7. The van der Waals surface area contributed by atoms with Gasteiger partial charge < -0.3 is 19.3 Å². The summed E-state index contributed by atoms with van der Waals surface area (Å²) in [6, 6.07) is 23.5. The van der Waals surface area contributed by atoms with Gasteiger partial charge in [-0.1, -0.05) is 107 Å². The number of carbonyl (C=O) groups is 2. The van der Waals surface area contributed by atoms with Gasteiger partial charge in [-0.2, -0.15) is 0 Å². The summed E-state index contributed by atoms with van der Waals surface area (Å²) in [5, 5.41) is 9.19. The van der Waals surface area contributed by atoms with E-state index in [4.69, 9.17) is 14.2 Å². The van der Waals surface area contributed by atoms with Gasteiger partial charge in [0.1, 0.15) is 13.2 Å². The molecule has 0 heterocycles. The van der Waals surface area contributed by atoms with Gasteiger partial charge in [-0.05, 0) is 58.2 Å². The van der Waals surface area contributed by atoms with Crippen LogP contribution in [0.5, 0.6) is 0 Å². The molecular formula is C37H44O6. The summed E-state index contributed by atoms with van der Waals surface area (Å²) in [6.07, 6.45) is 5.72. The Morgan fingerprint density at radius 1 is 0.791 bits per heavy atom. The number of aliphatic hydroxyl groups excluding tert-OH is 1. The molecule has 0 amide bonds. The van der Waals surface area contributed by atoms with Crippen LogP contribution < -0.4 is 0 Å². The second kappa shape index (κ2) is 17.2. The summed E-state index contributed by atoms with van der Waals surface area (Å²) in [4.78, 5) is 24.4. The molecule has 0 radical (unpaired) electrons. The van der Waals surface area contributed by atoms with E-state index in [1.807, 2.05) is 24.3 Å². The van der Waals surface area contributed by atoms with Crippen molar-refractivity contribution in [2.45, 2.75) is 51.9 Å². The maximum absolute atomic E-state index is 12.3. The Kier molecular flexibility index (Phi) is 13.4. The first-order chi connectivity index (χ1) is 20.8. The van der Waals surface area contributed by atoms with Crippen molar-refractivity contribution in [1.82, 2.24) is 0 Å². The standard InChI is InChI=1S/C37H44O6/c1-6-8-9-10-28-11-13-30(14-12-28)33-19-20-35(29(7-2)21-33)32-17-15-31(16-18-32)34(24-42-36(39)26(3)22-38)25-43-37(40)27(4)23-41-5/h11-21,34,38H,3-4,6-10,22-25H2,1-2,5H3. The molecule has 3 aromatic carbocycles. The van der Waals surface area contributed by atoms with E-state index in [0.717, 1.165) is 29.5 Å². The Labute approximate surface area is 256 Å². The number of carbonyl (C=O) groups excluding carboxylic acids is 2. The molecule has 0 fully saturated rings. The van der Waals surface area contributed by atoms with Gasteiger partial charge in [0.15, 0.2) is 0 Å². The highest BCUT2D eigenvalue weighted by Crippen LogP contribution is 2.31. The molecule has 0 saturated heterocycles. The summed E-state index contributed by atoms with van der Waals surface area (Å²) in [5.41, 5.74) is 8.23. The Hall–Kier alpha value is -4.00. The van der Waals surface area contributed by atoms with Gasteiger partial charge in [-0.25, -0.2) is 9.59 Å². The fourth-order valence-corrected chi connectivity index (χ4v) is 4.82. The van der Waals surface area contributed by atoms with Crippen molar-refractivity contribution in [3.05, 3.63) is 108 Å². The van der Waals surface area contributed by atoms with Crippen molar-refractivity contribution in [2.24, 2.45) is 0 Å². The van der Waals surface area contributed by atoms with Crippen molar-refractivity contribution in [3.63, 3.8) is 0 Å². The molecule has 3 aromatic rings. The van der Waals surface area contributed by atoms with E-state index < -0.39 is 24.5 Å². The van der Waals surface area contributed by atoms with Crippen molar-refractivity contribution in [2.75, 3.05) is 33.5 Å². The lowest BCUT2D eigenvalue weighted by molar-refractivity contribution is -0.143. The molecule has 0 aromatic heterocycles. The third-order valence-electron chi connectivity index (χ3n) is 7.45. The first kappa shape index (κ1) is 33.5. The summed E-state index contributed by atoms with van der Waals surface area (Å²) >= 11 is 0. The van der Waals surface area contributed by atoms with Crippen LogP contribution in [0, 0.1) is 0 Å². The van der Waals surface area contributed by atoms with Crippen LogP contribution in [0.25, 0.3) is 22.3 Å². The predicted octanol–water partition coefficient (Wildman–Crippen LogP) is 7.24. The molecule has 1 atom stereocenters. The number of aliphatic hydroxyl groups is 1. The number of methoxy groups -OCH3 is 1. The Morgan fingerprint density at radius 3 is 1.98 bits per heavy atom. The van der Waals surface area contributed by atoms with Crippen LogP contribution in [0.2, 0.25) is 0 Å². The van der Waals surface area contributed by atoms with E-state index in [1.54, 1.807) is 0 Å². The van der Waals surface area contributed by atoms with Gasteiger partial charge in [0.25, 0.3) is 0 Å². The zero-order valence-electron chi connectivity index (χ0n) is 25.7. The highest BCUT2D eigenvalue weighted by Gasteiger charge is 2.20. The third-order valence-corrected chi connectivity index (χ3v) is 7.45. The average Bonchev–Trinajstić information content (AvgIpc) is 3.04. The van der Waals surface area contributed by atoms with Crippen LogP contribution in [-0.4, -0.2) is 50.6 Å². The van der Waals surface area contributed by atoms with Crippen LogP contribution in [0.3, 0.4) is 0 Å². The number of esters is 2. The van der Waals surface area contributed by atoms with E-state index >= 15 is 0 Å². The van der Waals surface area contributed by atoms with E-state index in [2.05, 4.69) is 69.5 Å². The van der Waals surface area contributed by atoms with E-state index in [1.165, 1.54) is 48.6 Å². The molecule has 0 spiro atoms. The molecule has 3 rings (SSSR count). The van der Waals surface area contributed by atoms with Crippen LogP contribution in [-0.2, 0) is 36.6 Å². The monoisotopic (exact) mass is 584 g/mol. The highest BCUT2D eigenvalue weighted by molar-refractivity contribution is 5.88. The minimum absolute atomic E-state index is 0.0217. The lowest BCUT2D eigenvalue weighted by Gasteiger charge is -2.19. The van der Waals surface area contributed by atoms with Gasteiger partial charge >= 0.3 is 11.9 Å². The van der Waals surface area contributed by atoms with Crippen LogP contribution >= 0.6 is 0 Å². The maximum Gasteiger partial charge on any atom is 0.335 e. The largest absolute Gasteiger partial charge is 0.461 e. The van der Waals surface area contributed by atoms with Crippen molar-refractivity contribution in [3.8, 4) is 22.3 Å². The quantitative estimate of drug-likeness (QED) is 0.102. The Balaban J connectivity index is 1.79. The summed E-state index contributed by atoms with van der Waals surface area (Å²) in [7, 11) is 1.47. The molecule has 0 bridgehead atoms. The van der Waals surface area contributed by atoms with E-state index in [9.17, 15) is 14.7 Å². The topological polar surface area (TPSA) is 82.1 Å². The minimum atomic E-state index is -0.696. The van der Waals surface area contributed by atoms with Crippen LogP contribution in [0.4, 0.5) is 0 Å². The van der Waals surface area contributed by atoms with Crippen LogP contribution in [0.15, 0.2) is 91.0 Å². The fraction of sp³-hybridized carbons (Fsp3) is 0.351. The number of rotatable bonds is 17. The number of benzene rings is 3. The molecule has 228 valence electrons. The Morgan fingerprint density at radius 2 is 1.40 bits per heavy atom. The molecular weight excluding hydrogens is 540 g/mol. The molecule has 1 unspecified atom stereocenters. The summed E-state index contributed by atoms with van der Waals surface area (Å²) < 4.78 is 15.8. The molecule has 6 nitrogen and oxygen atoms in total. The van der Waals surface area contributed by atoms with Gasteiger partial charge in [0, 0.05) is 7.11 Å². The lowest BCUT2D eigenvalue weighted by atomic mass is 9.91. The highest BCUT2D eigenvalue weighted by atomic mass is 16.5. The van der Waals surface area contributed by atoms with Crippen molar-refractivity contribution < 1.29 is 28.9 Å². The van der Waals surface area contributed by atoms with E-state index in [-0.39, 0.29) is 31.0 Å². The molecule has 1 N–H and O–H groups in total. The predicted molar refractivity (Wildman–Crippen MR) is 172 cm³/mol. The fourth-order valence-electron chi connectivity index (χ4n) is 4.82. The average molecular weight is 585 g/mol. The first-order valence-electron chi connectivity index (χ1n) is 14.9. The zero-order chi connectivity index (χ0) is 31.2. The van der Waals surface area contributed by atoms with Crippen molar-refractivity contribution >= 4 is 11.9 Å². The van der Waals surface area contributed by atoms with Gasteiger partial charge in [-0.3, -0.25) is 0 Å². The number of ether oxygens (including phenoxy) is 3. The SMILES string of the molecule is C=C(CO)C(=O)OCC(COC(=O)C(=C)COC)c1ccc(-c2ccc(-c3ccc(CCCCC)cc3)cc2CC)cc1. The van der Waals surface area contributed by atoms with E-state index in [0.29, 0.717) is 0 Å². The normalized spacial score (nSPS) is 11.5. The molecule has 0 aliphatic heterocycles. The number of unbranched alkanes of at least 4 members (excludes halogenated alkanes) is 2. The summed E-state index contributed by atoms with van der Waals surface area (Å²) in [5.74, 6) is -1.70. The first-order valence-corrected chi connectivity index (χ1v) is 14.9. The lowest BCUT2D eigenvalue weighted by Crippen LogP contribution is -2.21. The number of hydrogen-bond acceptors (Lipinski definition) is 6. The van der Waals surface area contributed by atoms with Gasteiger partial charge in [-0.15, -0.1) is 0 Å². The molecule has 0 aliphatic rings. The van der Waals surface area contributed by atoms with Crippen LogP contribution in [0.1, 0.15) is 55.7 Å².